The van der Waals surface area contributed by atoms with E-state index in [4.69, 9.17) is 11.6 Å². The highest BCUT2D eigenvalue weighted by molar-refractivity contribution is 6.31. The number of hydrogen-bond acceptors (Lipinski definition) is 4. The molecule has 0 unspecified atom stereocenters. The molecule has 1 N–H and O–H groups in total. The second kappa shape index (κ2) is 7.66. The lowest BCUT2D eigenvalue weighted by atomic mass is 10.2. The molecule has 0 spiro atoms. The molecule has 24 heavy (non-hydrogen) atoms. The largest absolute Gasteiger partial charge is 0.339 e. The summed E-state index contributed by atoms with van der Waals surface area (Å²) < 4.78 is 13.7. The predicted molar refractivity (Wildman–Crippen MR) is 97.6 cm³/mol. The number of nitrogens with zero attached hydrogens (tertiary/aromatic N) is 3. The van der Waals surface area contributed by atoms with Gasteiger partial charge in [0.2, 0.25) is 0 Å². The summed E-state index contributed by atoms with van der Waals surface area (Å²) in [6, 6.07) is 1.81. The Bertz CT molecular complexity index is 843. The number of anilines is 2. The van der Waals surface area contributed by atoms with Crippen LogP contribution in [0.5, 0.6) is 0 Å². The van der Waals surface area contributed by atoms with Gasteiger partial charge >= 0.3 is 0 Å². The molecule has 0 fully saturated rings. The second-order valence-electron chi connectivity index (χ2n) is 4.93. The summed E-state index contributed by atoms with van der Waals surface area (Å²) in [7, 11) is 0. The number of nitrogens with one attached hydrogen (secondary N) is 1. The van der Waals surface area contributed by atoms with Crippen LogP contribution in [0.25, 0.3) is 11.6 Å². The van der Waals surface area contributed by atoms with Gasteiger partial charge in [0.05, 0.1) is 5.57 Å². The van der Waals surface area contributed by atoms with Gasteiger partial charge in [0, 0.05) is 34.9 Å². The molecule has 4 nitrogen and oxygen atoms in total. The predicted octanol–water partition coefficient (Wildman–Crippen LogP) is 5.19. The molecule has 6 heteroatoms. The summed E-state index contributed by atoms with van der Waals surface area (Å²) in [5.41, 5.74) is 2.50. The molecule has 0 saturated heterocycles. The Morgan fingerprint density at radius 1 is 1.33 bits per heavy atom. The quantitative estimate of drug-likeness (QED) is 0.734. The molecule has 2 heterocycles. The summed E-state index contributed by atoms with van der Waals surface area (Å²) >= 11 is 5.74. The summed E-state index contributed by atoms with van der Waals surface area (Å²) in [5, 5.41) is 3.33. The molecule has 0 aromatic carbocycles. The van der Waals surface area contributed by atoms with E-state index in [1.54, 1.807) is 24.7 Å². The summed E-state index contributed by atoms with van der Waals surface area (Å²) in [4.78, 5) is 12.6. The van der Waals surface area contributed by atoms with Crippen LogP contribution in [0.1, 0.15) is 17.0 Å². The first kappa shape index (κ1) is 17.6. The smallest absolute Gasteiger partial charge is 0.164 e. The van der Waals surface area contributed by atoms with Gasteiger partial charge in [-0.15, -0.1) is 0 Å². The maximum Gasteiger partial charge on any atom is 0.164 e. The zero-order chi connectivity index (χ0) is 17.7. The minimum atomic E-state index is -0.700. The van der Waals surface area contributed by atoms with Crippen LogP contribution in [0.2, 0.25) is 0 Å². The second-order valence-corrected chi connectivity index (χ2v) is 5.41. The lowest BCUT2D eigenvalue weighted by Crippen LogP contribution is -2.03. The highest BCUT2D eigenvalue weighted by Crippen LogP contribution is 2.27. The molecule has 0 aliphatic rings. The van der Waals surface area contributed by atoms with Gasteiger partial charge in [0.15, 0.2) is 5.82 Å². The first-order valence-electron chi connectivity index (χ1n) is 7.00. The fourth-order valence-electron chi connectivity index (χ4n) is 1.93. The van der Waals surface area contributed by atoms with Gasteiger partial charge in [-0.05, 0) is 24.6 Å². The number of pyridine rings is 1. The van der Waals surface area contributed by atoms with Crippen molar-refractivity contribution in [2.75, 3.05) is 5.32 Å². The van der Waals surface area contributed by atoms with Gasteiger partial charge in [0.25, 0.3) is 0 Å². The van der Waals surface area contributed by atoms with E-state index in [1.165, 1.54) is 6.08 Å². The molecule has 0 atom stereocenters. The standard InChI is InChI=1S/C18H16ClFN4/c1-5-14-10-22-18(15(13(4)20)8-12(3)19)24-17(14)23-16-6-7-21-9-11(16)2/h5-10H,1,3-4H2,2H3,(H,21,22,23,24)/b15-8+. The normalized spacial score (nSPS) is 11.0. The van der Waals surface area contributed by atoms with Gasteiger partial charge < -0.3 is 5.32 Å². The molecule has 0 saturated carbocycles. The minimum absolute atomic E-state index is 0.0695. The third-order valence-corrected chi connectivity index (χ3v) is 3.25. The molecule has 122 valence electrons. The van der Waals surface area contributed by atoms with Gasteiger partial charge in [-0.1, -0.05) is 37.4 Å². The van der Waals surface area contributed by atoms with E-state index in [9.17, 15) is 4.39 Å². The summed E-state index contributed by atoms with van der Waals surface area (Å²) in [5.74, 6) is -0.0741. The Labute approximate surface area is 145 Å². The van der Waals surface area contributed by atoms with Crippen molar-refractivity contribution in [1.29, 1.82) is 0 Å². The third kappa shape index (κ3) is 4.14. The Kier molecular flexibility index (Phi) is 5.60. The fraction of sp³-hybridized carbons (Fsp3) is 0.0556. The molecule has 0 aliphatic carbocycles. The molecule has 2 aromatic heterocycles. The average Bonchev–Trinajstić information content (AvgIpc) is 2.54. The topological polar surface area (TPSA) is 50.7 Å². The molecule has 2 aromatic rings. The van der Waals surface area contributed by atoms with Crippen molar-refractivity contribution < 1.29 is 4.39 Å². The third-order valence-electron chi connectivity index (χ3n) is 3.14. The van der Waals surface area contributed by atoms with Gasteiger partial charge in [0.1, 0.15) is 11.6 Å². The number of aromatic nitrogens is 3. The first-order valence-corrected chi connectivity index (χ1v) is 7.38. The molecule has 0 aliphatic heterocycles. The van der Waals surface area contributed by atoms with E-state index in [2.05, 4.69) is 40.0 Å². The molecule has 2 rings (SSSR count). The van der Waals surface area contributed by atoms with E-state index in [-0.39, 0.29) is 16.4 Å². The van der Waals surface area contributed by atoms with E-state index in [1.807, 2.05) is 13.0 Å². The number of hydrogen-bond donors (Lipinski definition) is 1. The van der Waals surface area contributed by atoms with Gasteiger partial charge in [-0.2, -0.15) is 0 Å². The van der Waals surface area contributed by atoms with E-state index < -0.39 is 5.83 Å². The SMILES string of the molecule is C=Cc1cnc(/C(=C/C(=C)Cl)C(=C)F)nc1Nc1ccncc1C. The monoisotopic (exact) mass is 342 g/mol. The highest BCUT2D eigenvalue weighted by Gasteiger charge is 2.13. The Hall–Kier alpha value is -2.79. The van der Waals surface area contributed by atoms with Crippen molar-refractivity contribution >= 4 is 34.8 Å². The number of aryl methyl sites for hydroxylation is 1. The number of allylic oxidation sites excluding steroid dienone is 4. The van der Waals surface area contributed by atoms with Crippen LogP contribution in [-0.4, -0.2) is 15.0 Å². The zero-order valence-corrected chi connectivity index (χ0v) is 13.9. The van der Waals surface area contributed by atoms with Crippen molar-refractivity contribution in [3.05, 3.63) is 78.3 Å². The van der Waals surface area contributed by atoms with Crippen molar-refractivity contribution in [3.8, 4) is 0 Å². The van der Waals surface area contributed by atoms with Crippen LogP contribution >= 0.6 is 11.6 Å². The maximum absolute atomic E-state index is 13.7. The van der Waals surface area contributed by atoms with E-state index >= 15 is 0 Å². The van der Waals surface area contributed by atoms with Crippen molar-refractivity contribution in [1.82, 2.24) is 15.0 Å². The van der Waals surface area contributed by atoms with Crippen LogP contribution in [0.15, 0.2) is 61.3 Å². The van der Waals surface area contributed by atoms with Crippen LogP contribution < -0.4 is 5.32 Å². The Morgan fingerprint density at radius 2 is 2.08 bits per heavy atom. The maximum atomic E-state index is 13.7. The van der Waals surface area contributed by atoms with Crippen LogP contribution in [0.4, 0.5) is 15.9 Å². The summed E-state index contributed by atoms with van der Waals surface area (Å²) in [6.45, 7) is 12.5. The van der Waals surface area contributed by atoms with Crippen molar-refractivity contribution in [2.24, 2.45) is 0 Å². The van der Waals surface area contributed by atoms with Crippen LogP contribution in [-0.2, 0) is 0 Å². The van der Waals surface area contributed by atoms with Crippen molar-refractivity contribution in [3.63, 3.8) is 0 Å². The van der Waals surface area contributed by atoms with E-state index in [0.717, 1.165) is 11.3 Å². The molecule has 0 bridgehead atoms. The molecular formula is C18H16ClFN4. The van der Waals surface area contributed by atoms with Crippen LogP contribution in [0, 0.1) is 6.92 Å². The Balaban J connectivity index is 2.51. The zero-order valence-electron chi connectivity index (χ0n) is 13.2. The molecule has 0 amide bonds. The fourth-order valence-corrected chi connectivity index (χ4v) is 2.04. The Morgan fingerprint density at radius 3 is 2.67 bits per heavy atom. The van der Waals surface area contributed by atoms with Crippen molar-refractivity contribution in [2.45, 2.75) is 6.92 Å². The first-order chi connectivity index (χ1) is 11.4. The lowest BCUT2D eigenvalue weighted by molar-refractivity contribution is 0.676. The lowest BCUT2D eigenvalue weighted by Gasteiger charge is -2.12. The van der Waals surface area contributed by atoms with E-state index in [0.29, 0.717) is 11.4 Å². The van der Waals surface area contributed by atoms with Gasteiger partial charge in [-0.3, -0.25) is 4.98 Å². The van der Waals surface area contributed by atoms with Gasteiger partial charge in [-0.25, -0.2) is 14.4 Å². The van der Waals surface area contributed by atoms with Crippen LogP contribution in [0.3, 0.4) is 0 Å². The minimum Gasteiger partial charge on any atom is -0.339 e. The average molecular weight is 343 g/mol. The highest BCUT2D eigenvalue weighted by atomic mass is 35.5. The summed E-state index contributed by atoms with van der Waals surface area (Å²) in [6.07, 6.45) is 7.87. The molecule has 0 radical (unpaired) electrons. The number of rotatable bonds is 6. The molecular weight excluding hydrogens is 327 g/mol. The number of halogens is 2.